The number of ether oxygens (including phenoxy) is 1. The lowest BCUT2D eigenvalue weighted by molar-refractivity contribution is -0.0397. The first-order valence-corrected chi connectivity index (χ1v) is 7.79. The van der Waals surface area contributed by atoms with Crippen molar-refractivity contribution in [1.29, 1.82) is 5.26 Å². The molecule has 0 spiro atoms. The van der Waals surface area contributed by atoms with Gasteiger partial charge >= 0.3 is 0 Å². The highest BCUT2D eigenvalue weighted by molar-refractivity contribution is 5.31. The van der Waals surface area contributed by atoms with E-state index in [2.05, 4.69) is 16.3 Å². The summed E-state index contributed by atoms with van der Waals surface area (Å²) < 4.78 is 5.87. The van der Waals surface area contributed by atoms with Crippen LogP contribution in [0, 0.1) is 11.3 Å². The Labute approximate surface area is 126 Å². The Morgan fingerprint density at radius 3 is 2.52 bits per heavy atom. The summed E-state index contributed by atoms with van der Waals surface area (Å²) in [4.78, 5) is 2.46. The van der Waals surface area contributed by atoms with Gasteiger partial charge in [-0.05, 0) is 31.9 Å². The average molecular weight is 285 g/mol. The number of hydrogen-bond donors (Lipinski definition) is 1. The van der Waals surface area contributed by atoms with Crippen LogP contribution in [0.4, 0.5) is 0 Å². The lowest BCUT2D eigenvalue weighted by Gasteiger charge is -2.35. The topological polar surface area (TPSA) is 48.3 Å². The molecule has 0 aliphatic carbocycles. The fourth-order valence-electron chi connectivity index (χ4n) is 3.52. The van der Waals surface area contributed by atoms with Gasteiger partial charge in [-0.15, -0.1) is 0 Å². The molecule has 0 aromatic heterocycles. The van der Waals surface area contributed by atoms with E-state index >= 15 is 0 Å². The molecule has 1 aromatic rings. The van der Waals surface area contributed by atoms with Crippen molar-refractivity contribution in [2.45, 2.75) is 37.0 Å². The van der Waals surface area contributed by atoms with E-state index in [1.54, 1.807) is 0 Å². The Kier molecular flexibility index (Phi) is 4.25. The van der Waals surface area contributed by atoms with E-state index in [0.29, 0.717) is 12.2 Å². The van der Waals surface area contributed by atoms with Crippen LogP contribution in [0.2, 0.25) is 0 Å². The van der Waals surface area contributed by atoms with Crippen molar-refractivity contribution in [3.05, 3.63) is 35.9 Å². The molecule has 21 heavy (non-hydrogen) atoms. The minimum absolute atomic E-state index is 0.409. The maximum Gasteiger partial charge on any atom is 0.133 e. The fourth-order valence-corrected chi connectivity index (χ4v) is 3.52. The average Bonchev–Trinajstić information content (AvgIpc) is 2.88. The molecular formula is C17H23N3O. The smallest absolute Gasteiger partial charge is 0.133 e. The molecule has 2 fully saturated rings. The number of fused-ring (bicyclic) bond motifs is 2. The van der Waals surface area contributed by atoms with E-state index in [0.717, 1.165) is 31.6 Å². The highest BCUT2D eigenvalue weighted by Crippen LogP contribution is 2.29. The molecular weight excluding hydrogens is 262 g/mol. The van der Waals surface area contributed by atoms with Crippen LogP contribution in [0.1, 0.15) is 24.8 Å². The first-order valence-electron chi connectivity index (χ1n) is 7.79. The molecule has 2 saturated heterocycles. The van der Waals surface area contributed by atoms with Gasteiger partial charge in [0.15, 0.2) is 0 Å². The molecule has 3 unspecified atom stereocenters. The molecule has 4 heteroatoms. The van der Waals surface area contributed by atoms with Crippen LogP contribution in [-0.4, -0.2) is 43.8 Å². The largest absolute Gasteiger partial charge is 0.372 e. The number of rotatable bonds is 5. The van der Waals surface area contributed by atoms with Gasteiger partial charge < -0.3 is 4.74 Å². The molecule has 2 aliphatic rings. The van der Waals surface area contributed by atoms with E-state index < -0.39 is 5.54 Å². The molecule has 0 radical (unpaired) electrons. The van der Waals surface area contributed by atoms with Crippen LogP contribution in [0.3, 0.4) is 0 Å². The zero-order valence-electron chi connectivity index (χ0n) is 12.6. The summed E-state index contributed by atoms with van der Waals surface area (Å²) >= 11 is 0. The molecule has 1 N–H and O–H groups in total. The first-order chi connectivity index (χ1) is 10.3. The van der Waals surface area contributed by atoms with Gasteiger partial charge in [0.25, 0.3) is 0 Å². The SMILES string of the molecule is CNC(C#N)(CCN1CC2CCC(C1)O2)c1ccccc1. The zero-order chi connectivity index (χ0) is 14.7. The molecule has 0 amide bonds. The van der Waals surface area contributed by atoms with Crippen LogP contribution in [-0.2, 0) is 10.3 Å². The van der Waals surface area contributed by atoms with E-state index in [9.17, 15) is 5.26 Å². The Morgan fingerprint density at radius 2 is 1.95 bits per heavy atom. The molecule has 3 rings (SSSR count). The lowest BCUT2D eigenvalue weighted by Crippen LogP contribution is -2.47. The predicted octanol–water partition coefficient (Wildman–Crippen LogP) is 1.88. The number of benzene rings is 1. The van der Waals surface area contributed by atoms with Crippen LogP contribution in [0.15, 0.2) is 30.3 Å². The third-order valence-corrected chi connectivity index (χ3v) is 4.81. The Hall–Kier alpha value is -1.41. The number of nitrogens with zero attached hydrogens (tertiary/aromatic N) is 2. The molecule has 1 aromatic carbocycles. The summed E-state index contributed by atoms with van der Waals surface area (Å²) in [6.45, 7) is 2.95. The van der Waals surface area contributed by atoms with Crippen LogP contribution < -0.4 is 5.32 Å². The molecule has 3 atom stereocenters. The second kappa shape index (κ2) is 6.15. The molecule has 2 heterocycles. The second-order valence-corrected chi connectivity index (χ2v) is 6.10. The van der Waals surface area contributed by atoms with Gasteiger partial charge in [0.05, 0.1) is 18.3 Å². The minimum atomic E-state index is -0.599. The summed E-state index contributed by atoms with van der Waals surface area (Å²) in [5.74, 6) is 0. The Bertz CT molecular complexity index is 501. The molecule has 112 valence electrons. The molecule has 4 nitrogen and oxygen atoms in total. The van der Waals surface area contributed by atoms with Crippen molar-refractivity contribution in [2.75, 3.05) is 26.7 Å². The monoisotopic (exact) mass is 285 g/mol. The number of nitrogens with one attached hydrogen (secondary N) is 1. The standard InChI is InChI=1S/C17H23N3O/c1-19-17(13-18,14-5-3-2-4-6-14)9-10-20-11-15-7-8-16(12-20)21-15/h2-6,15-16,19H,7-12H2,1H3. The second-order valence-electron chi connectivity index (χ2n) is 6.10. The third kappa shape index (κ3) is 2.96. The predicted molar refractivity (Wildman–Crippen MR) is 81.7 cm³/mol. The van der Waals surface area contributed by atoms with Crippen LogP contribution in [0.5, 0.6) is 0 Å². The normalized spacial score (nSPS) is 28.0. The number of hydrogen-bond acceptors (Lipinski definition) is 4. The number of morpholine rings is 1. The summed E-state index contributed by atoms with van der Waals surface area (Å²) in [6.07, 6.45) is 3.99. The summed E-state index contributed by atoms with van der Waals surface area (Å²) in [6, 6.07) is 12.5. The van der Waals surface area contributed by atoms with Crippen LogP contribution in [0.25, 0.3) is 0 Å². The van der Waals surface area contributed by atoms with E-state index in [1.807, 2.05) is 37.4 Å². The van der Waals surface area contributed by atoms with E-state index in [1.165, 1.54) is 12.8 Å². The zero-order valence-corrected chi connectivity index (χ0v) is 12.6. The van der Waals surface area contributed by atoms with Gasteiger partial charge in [-0.2, -0.15) is 5.26 Å². The summed E-state index contributed by atoms with van der Waals surface area (Å²) in [7, 11) is 1.87. The van der Waals surface area contributed by atoms with Gasteiger partial charge in [0.2, 0.25) is 0 Å². The minimum Gasteiger partial charge on any atom is -0.372 e. The van der Waals surface area contributed by atoms with Crippen molar-refractivity contribution >= 4 is 0 Å². The number of likely N-dealkylation sites (tertiary alicyclic amines) is 1. The van der Waals surface area contributed by atoms with Crippen molar-refractivity contribution in [1.82, 2.24) is 10.2 Å². The van der Waals surface area contributed by atoms with E-state index in [-0.39, 0.29) is 0 Å². The summed E-state index contributed by atoms with van der Waals surface area (Å²) in [5.41, 5.74) is 0.449. The molecule has 2 bridgehead atoms. The van der Waals surface area contributed by atoms with Gasteiger partial charge in [-0.1, -0.05) is 30.3 Å². The number of nitriles is 1. The van der Waals surface area contributed by atoms with E-state index in [4.69, 9.17) is 4.74 Å². The Balaban J connectivity index is 1.67. The van der Waals surface area contributed by atoms with Crippen molar-refractivity contribution in [3.8, 4) is 6.07 Å². The van der Waals surface area contributed by atoms with Gasteiger partial charge in [0.1, 0.15) is 5.54 Å². The van der Waals surface area contributed by atoms with Crippen molar-refractivity contribution in [2.24, 2.45) is 0 Å². The third-order valence-electron chi connectivity index (χ3n) is 4.81. The lowest BCUT2D eigenvalue weighted by atomic mass is 9.88. The van der Waals surface area contributed by atoms with Crippen molar-refractivity contribution in [3.63, 3.8) is 0 Å². The molecule has 0 saturated carbocycles. The maximum atomic E-state index is 9.72. The fraction of sp³-hybridized carbons (Fsp3) is 0.588. The summed E-state index contributed by atoms with van der Waals surface area (Å²) in [5, 5.41) is 13.0. The van der Waals surface area contributed by atoms with Gasteiger partial charge in [0, 0.05) is 19.6 Å². The Morgan fingerprint density at radius 1 is 1.29 bits per heavy atom. The van der Waals surface area contributed by atoms with Gasteiger partial charge in [-0.25, -0.2) is 0 Å². The highest BCUT2D eigenvalue weighted by atomic mass is 16.5. The van der Waals surface area contributed by atoms with Crippen LogP contribution >= 0.6 is 0 Å². The first kappa shape index (κ1) is 14.5. The quantitative estimate of drug-likeness (QED) is 0.897. The van der Waals surface area contributed by atoms with Crippen molar-refractivity contribution < 1.29 is 4.74 Å². The molecule has 2 aliphatic heterocycles. The van der Waals surface area contributed by atoms with Gasteiger partial charge in [-0.3, -0.25) is 10.2 Å². The maximum absolute atomic E-state index is 9.72. The highest BCUT2D eigenvalue weighted by Gasteiger charge is 2.36.